The summed E-state index contributed by atoms with van der Waals surface area (Å²) in [7, 11) is 0. The van der Waals surface area contributed by atoms with Crippen LogP contribution < -0.4 is 5.32 Å². The minimum atomic E-state index is -4.38. The summed E-state index contributed by atoms with van der Waals surface area (Å²) < 4.78 is 36.0. The van der Waals surface area contributed by atoms with Gasteiger partial charge in [0.15, 0.2) is 0 Å². The van der Waals surface area contributed by atoms with Crippen molar-refractivity contribution in [3.8, 4) is 0 Å². The van der Waals surface area contributed by atoms with E-state index in [1.54, 1.807) is 6.08 Å². The van der Waals surface area contributed by atoms with Gasteiger partial charge in [0.1, 0.15) is 0 Å². The van der Waals surface area contributed by atoms with Gasteiger partial charge in [0.05, 0.1) is 0 Å². The van der Waals surface area contributed by atoms with Gasteiger partial charge in [-0.2, -0.15) is 13.2 Å². The lowest BCUT2D eigenvalue weighted by molar-refractivity contribution is -0.120. The molecule has 0 aromatic rings. The zero-order valence-electron chi connectivity index (χ0n) is 9.68. The molecule has 1 N–H and O–H groups in total. The Bertz CT molecular complexity index is 316. The fourth-order valence-corrected chi connectivity index (χ4v) is 0.941. The van der Waals surface area contributed by atoms with Crippen molar-refractivity contribution >= 4 is 5.91 Å². The average Bonchev–Trinajstić information content (AvgIpc) is 2.21. The lowest BCUT2D eigenvalue weighted by atomic mass is 10.2. The third-order valence-electron chi connectivity index (χ3n) is 1.82. The van der Waals surface area contributed by atoms with Crippen molar-refractivity contribution in [3.05, 3.63) is 36.5 Å². The van der Waals surface area contributed by atoms with Gasteiger partial charge in [0, 0.05) is 18.5 Å². The molecule has 0 aliphatic heterocycles. The number of amides is 1. The summed E-state index contributed by atoms with van der Waals surface area (Å²) >= 11 is 0. The predicted molar refractivity (Wildman–Crippen MR) is 61.4 cm³/mol. The van der Waals surface area contributed by atoms with Crippen LogP contribution in [0, 0.1) is 0 Å². The summed E-state index contributed by atoms with van der Waals surface area (Å²) in [5.41, 5.74) is -0.897. The van der Waals surface area contributed by atoms with E-state index in [1.807, 2.05) is 6.92 Å². The number of hydrogen-bond acceptors (Lipinski definition) is 1. The molecule has 0 aliphatic carbocycles. The first-order valence-corrected chi connectivity index (χ1v) is 5.24. The molecule has 0 atom stereocenters. The molecule has 0 saturated carbocycles. The third kappa shape index (κ3) is 8.30. The molecule has 0 saturated heterocycles. The van der Waals surface area contributed by atoms with Crippen molar-refractivity contribution in [2.24, 2.45) is 0 Å². The first-order valence-electron chi connectivity index (χ1n) is 5.24. The molecule has 0 aromatic carbocycles. The maximum absolute atomic E-state index is 12.0. The molecule has 5 heteroatoms. The van der Waals surface area contributed by atoms with Crippen LogP contribution in [-0.4, -0.2) is 18.6 Å². The van der Waals surface area contributed by atoms with E-state index in [9.17, 15) is 18.0 Å². The van der Waals surface area contributed by atoms with Gasteiger partial charge >= 0.3 is 6.18 Å². The lowest BCUT2D eigenvalue weighted by Gasteiger charge is -2.03. The summed E-state index contributed by atoms with van der Waals surface area (Å²) in [4.78, 5) is 11.0. The van der Waals surface area contributed by atoms with Gasteiger partial charge in [-0.25, -0.2) is 0 Å². The number of carbonyl (C=O) groups is 1. The quantitative estimate of drug-likeness (QED) is 0.718. The first kappa shape index (κ1) is 15.5. The largest absolute Gasteiger partial charge is 0.415 e. The lowest BCUT2D eigenvalue weighted by Crippen LogP contribution is -2.21. The van der Waals surface area contributed by atoms with Gasteiger partial charge in [-0.1, -0.05) is 30.9 Å². The number of nitrogens with one attached hydrogen (secondary N) is 1. The van der Waals surface area contributed by atoms with Crippen LogP contribution in [-0.2, 0) is 4.79 Å². The number of allylic oxidation sites excluding steroid dienone is 5. The Balaban J connectivity index is 3.85. The van der Waals surface area contributed by atoms with Crippen LogP contribution in [0.2, 0.25) is 0 Å². The normalized spacial score (nSPS) is 12.2. The second kappa shape index (κ2) is 7.70. The molecule has 96 valence electrons. The van der Waals surface area contributed by atoms with Crippen molar-refractivity contribution < 1.29 is 18.0 Å². The predicted octanol–water partition coefficient (Wildman–Crippen LogP) is 3.13. The molecule has 0 aliphatic rings. The molecule has 17 heavy (non-hydrogen) atoms. The highest BCUT2D eigenvalue weighted by molar-refractivity contribution is 5.75. The monoisotopic (exact) mass is 247 g/mol. The van der Waals surface area contributed by atoms with Gasteiger partial charge in [-0.3, -0.25) is 4.79 Å². The van der Waals surface area contributed by atoms with E-state index in [1.165, 1.54) is 12.2 Å². The number of hydrogen-bond donors (Lipinski definition) is 1. The minimum absolute atomic E-state index is 0.0687. The molecular formula is C12H16F3NO. The van der Waals surface area contributed by atoms with Crippen LogP contribution in [0.1, 0.15) is 19.8 Å². The van der Waals surface area contributed by atoms with Crippen molar-refractivity contribution in [1.29, 1.82) is 0 Å². The Morgan fingerprint density at radius 3 is 2.53 bits per heavy atom. The van der Waals surface area contributed by atoms with E-state index >= 15 is 0 Å². The molecule has 0 spiro atoms. The van der Waals surface area contributed by atoms with Gasteiger partial charge in [0.25, 0.3) is 0 Å². The summed E-state index contributed by atoms with van der Waals surface area (Å²) in [6.45, 7) is 5.28. The maximum Gasteiger partial charge on any atom is 0.415 e. The molecule has 0 aromatic heterocycles. The van der Waals surface area contributed by atoms with Gasteiger partial charge in [-0.15, -0.1) is 0 Å². The third-order valence-corrected chi connectivity index (χ3v) is 1.82. The Morgan fingerprint density at radius 2 is 2.00 bits per heavy atom. The van der Waals surface area contributed by atoms with Crippen LogP contribution >= 0.6 is 0 Å². The smallest absolute Gasteiger partial charge is 0.356 e. The number of alkyl halides is 3. The Kier molecular flexibility index (Phi) is 7.02. The molecule has 0 heterocycles. The zero-order chi connectivity index (χ0) is 13.3. The van der Waals surface area contributed by atoms with Crippen molar-refractivity contribution in [1.82, 2.24) is 5.32 Å². The van der Waals surface area contributed by atoms with Crippen molar-refractivity contribution in [2.45, 2.75) is 25.9 Å². The highest BCUT2D eigenvalue weighted by atomic mass is 19.4. The van der Waals surface area contributed by atoms with Crippen molar-refractivity contribution in [3.63, 3.8) is 0 Å². The minimum Gasteiger partial charge on any atom is -0.356 e. The summed E-state index contributed by atoms with van der Waals surface area (Å²) in [5, 5.41) is 2.62. The van der Waals surface area contributed by atoms with E-state index in [4.69, 9.17) is 0 Å². The average molecular weight is 247 g/mol. The molecule has 0 radical (unpaired) electrons. The fourth-order valence-electron chi connectivity index (χ4n) is 0.941. The van der Waals surface area contributed by atoms with Crippen LogP contribution in [0.5, 0.6) is 0 Å². The maximum atomic E-state index is 12.0. The molecular weight excluding hydrogens is 231 g/mol. The second-order valence-electron chi connectivity index (χ2n) is 3.30. The summed E-state index contributed by atoms with van der Waals surface area (Å²) in [6, 6.07) is 0. The van der Waals surface area contributed by atoms with Gasteiger partial charge < -0.3 is 5.32 Å². The van der Waals surface area contributed by atoms with E-state index in [-0.39, 0.29) is 5.91 Å². The molecule has 0 fully saturated rings. The summed E-state index contributed by atoms with van der Waals surface area (Å²) in [6.07, 6.45) is 1.69. The van der Waals surface area contributed by atoms with Gasteiger partial charge in [-0.05, 0) is 13.3 Å². The first-order chi connectivity index (χ1) is 7.88. The SMILES string of the molecule is C=C(/C=C\C=C/CCC(=O)NCC)C(F)(F)F. The standard InChI is InChI=1S/C12H16F3NO/c1-3-16-11(17)9-7-5-4-6-8-10(2)12(13,14)15/h4-6,8H,2-3,7,9H2,1H3,(H,16,17)/b5-4-,8-6-. The highest BCUT2D eigenvalue weighted by Gasteiger charge is 2.29. The Morgan fingerprint density at radius 1 is 1.35 bits per heavy atom. The van der Waals surface area contributed by atoms with Crippen molar-refractivity contribution in [2.75, 3.05) is 6.54 Å². The zero-order valence-corrected chi connectivity index (χ0v) is 9.68. The van der Waals surface area contributed by atoms with Crippen LogP contribution in [0.25, 0.3) is 0 Å². The van der Waals surface area contributed by atoms with Crippen LogP contribution in [0.15, 0.2) is 36.5 Å². The van der Waals surface area contributed by atoms with E-state index in [0.717, 1.165) is 6.08 Å². The van der Waals surface area contributed by atoms with E-state index < -0.39 is 11.7 Å². The molecule has 0 rings (SSSR count). The molecule has 1 amide bonds. The number of rotatable bonds is 6. The molecule has 2 nitrogen and oxygen atoms in total. The second-order valence-corrected chi connectivity index (χ2v) is 3.30. The van der Waals surface area contributed by atoms with Gasteiger partial charge in [0.2, 0.25) is 5.91 Å². The fraction of sp³-hybridized carbons (Fsp3) is 0.417. The van der Waals surface area contributed by atoms with Crippen LogP contribution in [0.3, 0.4) is 0 Å². The Labute approximate surface area is 98.9 Å². The summed E-state index contributed by atoms with van der Waals surface area (Å²) in [5.74, 6) is -0.0687. The number of carbonyl (C=O) groups excluding carboxylic acids is 1. The molecule has 0 unspecified atom stereocenters. The highest BCUT2D eigenvalue weighted by Crippen LogP contribution is 2.24. The number of halogens is 3. The topological polar surface area (TPSA) is 29.1 Å². The Hall–Kier alpha value is -1.52. The van der Waals surface area contributed by atoms with Crippen LogP contribution in [0.4, 0.5) is 13.2 Å². The van der Waals surface area contributed by atoms with E-state index in [2.05, 4.69) is 11.9 Å². The molecule has 0 bridgehead atoms. The van der Waals surface area contributed by atoms with E-state index in [0.29, 0.717) is 19.4 Å².